The monoisotopic (exact) mass is 364 g/mol. The summed E-state index contributed by atoms with van der Waals surface area (Å²) >= 11 is 0. The fourth-order valence-corrected chi connectivity index (χ4v) is 1.90. The van der Waals surface area contributed by atoms with Crippen LogP contribution in [0.15, 0.2) is 0 Å². The van der Waals surface area contributed by atoms with Crippen molar-refractivity contribution in [2.45, 2.75) is 74.7 Å². The van der Waals surface area contributed by atoms with E-state index >= 15 is 0 Å². The van der Waals surface area contributed by atoms with Crippen LogP contribution in [0.25, 0.3) is 0 Å². The summed E-state index contributed by atoms with van der Waals surface area (Å²) in [5.41, 5.74) is 0.870. The first-order valence-electron chi connectivity index (χ1n) is 9.26. The molecule has 156 valence electrons. The molecule has 0 atom stereocenters. The smallest absolute Gasteiger partial charge is 0.0700 e. The SMILES string of the molecule is C.COCCOCCCC(C)(C)C.COCCOCCCC(C)(C)C. The van der Waals surface area contributed by atoms with Crippen LogP contribution in [0.2, 0.25) is 0 Å². The molecule has 4 heteroatoms. The molecule has 25 heavy (non-hydrogen) atoms. The van der Waals surface area contributed by atoms with E-state index in [1.165, 1.54) is 12.8 Å². The van der Waals surface area contributed by atoms with Gasteiger partial charge in [-0.05, 0) is 36.5 Å². The fraction of sp³-hybridized carbons (Fsp3) is 1.00. The molecule has 0 radical (unpaired) electrons. The van der Waals surface area contributed by atoms with Crippen LogP contribution >= 0.6 is 0 Å². The van der Waals surface area contributed by atoms with Gasteiger partial charge in [0.2, 0.25) is 0 Å². The summed E-state index contributed by atoms with van der Waals surface area (Å²) in [4.78, 5) is 0. The van der Waals surface area contributed by atoms with Crippen molar-refractivity contribution in [2.75, 3.05) is 53.9 Å². The van der Waals surface area contributed by atoms with Crippen LogP contribution in [-0.4, -0.2) is 53.9 Å². The Kier molecular flexibility index (Phi) is 22.1. The highest BCUT2D eigenvalue weighted by Gasteiger charge is 2.09. The molecule has 0 saturated heterocycles. The van der Waals surface area contributed by atoms with Gasteiger partial charge in [0.25, 0.3) is 0 Å². The highest BCUT2D eigenvalue weighted by atomic mass is 16.5. The van der Waals surface area contributed by atoms with Crippen LogP contribution in [0, 0.1) is 10.8 Å². The van der Waals surface area contributed by atoms with Gasteiger partial charge in [0.1, 0.15) is 0 Å². The second-order valence-corrected chi connectivity index (χ2v) is 8.54. The van der Waals surface area contributed by atoms with Crippen molar-refractivity contribution in [3.8, 4) is 0 Å². The van der Waals surface area contributed by atoms with Gasteiger partial charge in [0, 0.05) is 27.4 Å². The lowest BCUT2D eigenvalue weighted by Gasteiger charge is -2.17. The Balaban J connectivity index is -0.000000372. The van der Waals surface area contributed by atoms with Gasteiger partial charge in [-0.2, -0.15) is 0 Å². The Hall–Kier alpha value is -0.160. The first-order valence-corrected chi connectivity index (χ1v) is 9.26. The van der Waals surface area contributed by atoms with Gasteiger partial charge < -0.3 is 18.9 Å². The Morgan fingerprint density at radius 3 is 1.08 bits per heavy atom. The molecule has 0 aromatic carbocycles. The summed E-state index contributed by atoms with van der Waals surface area (Å²) in [6.07, 6.45) is 4.74. The normalized spacial score (nSPS) is 11.5. The lowest BCUT2D eigenvalue weighted by atomic mass is 9.91. The molecule has 0 aliphatic rings. The van der Waals surface area contributed by atoms with Crippen molar-refractivity contribution in [3.05, 3.63) is 0 Å². The molecule has 0 heterocycles. The summed E-state index contributed by atoms with van der Waals surface area (Å²) in [6.45, 7) is 18.1. The average Bonchev–Trinajstić information content (AvgIpc) is 2.45. The van der Waals surface area contributed by atoms with Crippen molar-refractivity contribution < 1.29 is 18.9 Å². The highest BCUT2D eigenvalue weighted by Crippen LogP contribution is 2.20. The lowest BCUT2D eigenvalue weighted by molar-refractivity contribution is 0.0655. The molecule has 0 aliphatic heterocycles. The zero-order chi connectivity index (χ0) is 18.9. The molecule has 0 aromatic rings. The minimum absolute atomic E-state index is 0. The van der Waals surface area contributed by atoms with E-state index < -0.39 is 0 Å². The fourth-order valence-electron chi connectivity index (χ4n) is 1.90. The number of hydrogen-bond donors (Lipinski definition) is 0. The minimum atomic E-state index is 0. The maximum atomic E-state index is 5.34. The quantitative estimate of drug-likeness (QED) is 0.423. The molecule has 0 saturated carbocycles. The molecule has 0 amide bonds. The van der Waals surface area contributed by atoms with Crippen LogP contribution in [0.3, 0.4) is 0 Å². The van der Waals surface area contributed by atoms with E-state index in [1.54, 1.807) is 14.2 Å². The number of ether oxygens (including phenoxy) is 4. The van der Waals surface area contributed by atoms with Crippen LogP contribution < -0.4 is 0 Å². The Bertz CT molecular complexity index is 215. The minimum Gasteiger partial charge on any atom is -0.382 e. The maximum absolute atomic E-state index is 5.34. The molecule has 0 spiro atoms. The molecule has 0 fully saturated rings. The summed E-state index contributed by atoms with van der Waals surface area (Å²) in [5.74, 6) is 0. The van der Waals surface area contributed by atoms with E-state index in [0.29, 0.717) is 24.0 Å². The van der Waals surface area contributed by atoms with Crippen LogP contribution in [0.5, 0.6) is 0 Å². The van der Waals surface area contributed by atoms with Crippen LogP contribution in [-0.2, 0) is 18.9 Å². The first kappa shape index (κ1) is 29.6. The second-order valence-electron chi connectivity index (χ2n) is 8.54. The van der Waals surface area contributed by atoms with Crippen molar-refractivity contribution in [1.82, 2.24) is 0 Å². The third kappa shape index (κ3) is 35.7. The van der Waals surface area contributed by atoms with Crippen molar-refractivity contribution in [3.63, 3.8) is 0 Å². The van der Waals surface area contributed by atoms with E-state index in [2.05, 4.69) is 41.5 Å². The predicted octanol–water partition coefficient (Wildman–Crippen LogP) is 5.59. The Morgan fingerprint density at radius 1 is 0.520 bits per heavy atom. The highest BCUT2D eigenvalue weighted by molar-refractivity contribution is 4.60. The summed E-state index contributed by atoms with van der Waals surface area (Å²) in [6, 6.07) is 0. The van der Waals surface area contributed by atoms with E-state index in [1.807, 2.05) is 0 Å². The third-order valence-corrected chi connectivity index (χ3v) is 3.29. The number of methoxy groups -OCH3 is 2. The number of rotatable bonds is 12. The second kappa shape index (κ2) is 18.6. The number of hydrogen-bond acceptors (Lipinski definition) is 4. The largest absolute Gasteiger partial charge is 0.382 e. The van der Waals surface area contributed by atoms with Gasteiger partial charge in [-0.25, -0.2) is 0 Å². The summed E-state index contributed by atoms with van der Waals surface area (Å²) < 4.78 is 20.4. The molecule has 0 bridgehead atoms. The molecule has 0 aliphatic carbocycles. The van der Waals surface area contributed by atoms with Gasteiger partial charge in [-0.15, -0.1) is 0 Å². The first-order chi connectivity index (χ1) is 11.1. The van der Waals surface area contributed by atoms with E-state index in [4.69, 9.17) is 18.9 Å². The van der Waals surface area contributed by atoms with Crippen molar-refractivity contribution in [2.24, 2.45) is 10.8 Å². The Labute approximate surface area is 159 Å². The van der Waals surface area contributed by atoms with Crippen LogP contribution in [0.1, 0.15) is 74.7 Å². The predicted molar refractivity (Wildman–Crippen MR) is 109 cm³/mol. The summed E-state index contributed by atoms with van der Waals surface area (Å²) in [5, 5.41) is 0. The van der Waals surface area contributed by atoms with Gasteiger partial charge in [-0.1, -0.05) is 49.0 Å². The molecular weight excluding hydrogens is 316 g/mol. The Morgan fingerprint density at radius 2 is 0.840 bits per heavy atom. The molecular formula is C21H48O4. The molecule has 0 N–H and O–H groups in total. The molecule has 0 unspecified atom stereocenters. The summed E-state index contributed by atoms with van der Waals surface area (Å²) in [7, 11) is 3.39. The average molecular weight is 365 g/mol. The van der Waals surface area contributed by atoms with Crippen molar-refractivity contribution in [1.29, 1.82) is 0 Å². The lowest BCUT2D eigenvalue weighted by Crippen LogP contribution is -2.08. The molecule has 0 rings (SSSR count). The van der Waals surface area contributed by atoms with Crippen LogP contribution in [0.4, 0.5) is 0 Å². The molecule has 4 nitrogen and oxygen atoms in total. The van der Waals surface area contributed by atoms with E-state index in [-0.39, 0.29) is 7.43 Å². The topological polar surface area (TPSA) is 36.9 Å². The van der Waals surface area contributed by atoms with Gasteiger partial charge in [0.15, 0.2) is 0 Å². The third-order valence-electron chi connectivity index (χ3n) is 3.29. The molecule has 0 aromatic heterocycles. The van der Waals surface area contributed by atoms with Gasteiger partial charge >= 0.3 is 0 Å². The van der Waals surface area contributed by atoms with Crippen molar-refractivity contribution >= 4 is 0 Å². The zero-order valence-corrected chi connectivity index (χ0v) is 17.7. The van der Waals surface area contributed by atoms with E-state index in [0.717, 1.165) is 39.3 Å². The maximum Gasteiger partial charge on any atom is 0.0700 e. The van der Waals surface area contributed by atoms with E-state index in [9.17, 15) is 0 Å². The van der Waals surface area contributed by atoms with Gasteiger partial charge in [-0.3, -0.25) is 0 Å². The van der Waals surface area contributed by atoms with Gasteiger partial charge in [0.05, 0.1) is 26.4 Å². The standard InChI is InChI=1S/2C10H22O2.CH4/c2*1-10(2,3)6-5-7-12-9-8-11-4;/h2*5-9H2,1-4H3;1H4. The zero-order valence-electron chi connectivity index (χ0n) is 17.7.